The average Bonchev–Trinajstić information content (AvgIpc) is 1.56. The van der Waals surface area contributed by atoms with Crippen molar-refractivity contribution in [3.8, 4) is 67.0 Å². The van der Waals surface area contributed by atoms with E-state index in [1.165, 1.54) is 172 Å². The number of hydrogen-bond donors (Lipinski definition) is 0. The fourth-order valence-corrected chi connectivity index (χ4v) is 17.0. The molecule has 2 aromatic heterocycles. The molecule has 4 aliphatic rings. The van der Waals surface area contributed by atoms with E-state index in [-0.39, 0.29) is 17.5 Å². The van der Waals surface area contributed by atoms with Crippen LogP contribution in [0, 0.1) is 0 Å². The number of hydrogen-bond acceptors (Lipinski definition) is 1. The minimum absolute atomic E-state index is 0.0922. The largest absolute Gasteiger partial charge is 0.311 e. The molecular weight excluding hydrogens is 1100 g/mol. The molecule has 2 aliphatic carbocycles. The summed E-state index contributed by atoms with van der Waals surface area (Å²) in [6, 6.07) is 107. The zero-order chi connectivity index (χ0) is 60.8. The number of nitrogens with zero attached hydrogens (tertiary/aromatic N) is 3. The molecule has 0 bridgehead atoms. The Morgan fingerprint density at radius 1 is 0.330 bits per heavy atom. The number of fused-ring (bicyclic) bond motifs is 22. The molecular formula is C87H64BN3. The Morgan fingerprint density at radius 2 is 0.824 bits per heavy atom. The van der Waals surface area contributed by atoms with Crippen LogP contribution in [0.2, 0.25) is 0 Å². The third-order valence-corrected chi connectivity index (χ3v) is 21.0. The maximum atomic E-state index is 2.69. The van der Waals surface area contributed by atoms with Crippen molar-refractivity contribution in [1.29, 1.82) is 0 Å². The molecule has 0 radical (unpaired) electrons. The number of aromatic nitrogens is 2. The number of rotatable bonds is 5. The van der Waals surface area contributed by atoms with Crippen molar-refractivity contribution in [2.45, 2.75) is 57.8 Å². The standard InChI is InChI=1S/C87H64BN3/c1-85(2,3)57-47-55(48-58(51-57)86(4,5)6)56-49-76-80-77(50-56)90-75-44-25-20-37-66(75)79-82-67(64-35-19-24-43-74(64)91(82)81-60(53-27-10-7-11-28-53)38-26-39-61(81)54-29-12-8-13-30-54)52-73(84(79)90)88(80)72-46-45-71-78(83(72)89(76)59-31-14-9-15-32-59)65-36-18-23-42-70(65)87(71)68-40-21-16-33-62(68)63-34-17-22-41-69(63)87/h7-52H,1-6H3. The Hall–Kier alpha value is -10.7. The van der Waals surface area contributed by atoms with Gasteiger partial charge in [0.15, 0.2) is 0 Å². The summed E-state index contributed by atoms with van der Waals surface area (Å²) in [6.45, 7) is 14.0. The summed E-state index contributed by atoms with van der Waals surface area (Å²) in [5.74, 6) is 0. The molecule has 0 saturated carbocycles. The summed E-state index contributed by atoms with van der Waals surface area (Å²) in [5.41, 5.74) is 34.4. The normalized spacial score (nSPS) is 13.9. The molecule has 0 atom stereocenters. The lowest BCUT2D eigenvalue weighted by molar-refractivity contribution is 0.569. The third-order valence-electron chi connectivity index (χ3n) is 21.0. The lowest BCUT2D eigenvalue weighted by Crippen LogP contribution is -2.60. The van der Waals surface area contributed by atoms with Crippen LogP contribution in [0.3, 0.4) is 0 Å². The van der Waals surface area contributed by atoms with Crippen LogP contribution >= 0.6 is 0 Å². The second kappa shape index (κ2) is 18.7. The maximum absolute atomic E-state index is 2.69. The summed E-state index contributed by atoms with van der Waals surface area (Å²) < 4.78 is 5.35. The van der Waals surface area contributed by atoms with E-state index in [0.29, 0.717) is 0 Å². The van der Waals surface area contributed by atoms with Crippen molar-refractivity contribution in [2.75, 3.05) is 4.90 Å². The summed E-state index contributed by atoms with van der Waals surface area (Å²) in [6.07, 6.45) is 0. The van der Waals surface area contributed by atoms with E-state index in [0.717, 1.165) is 5.69 Å². The van der Waals surface area contributed by atoms with E-state index in [1.807, 2.05) is 0 Å². The molecule has 0 fully saturated rings. The molecule has 0 saturated heterocycles. The first-order chi connectivity index (χ1) is 44.5. The topological polar surface area (TPSA) is 13.1 Å². The van der Waals surface area contributed by atoms with Gasteiger partial charge in [-0.3, -0.25) is 0 Å². The first-order valence-electron chi connectivity index (χ1n) is 32.4. The fourth-order valence-electron chi connectivity index (χ4n) is 17.0. The summed E-state index contributed by atoms with van der Waals surface area (Å²) in [4.78, 5) is 2.69. The predicted octanol–water partition coefficient (Wildman–Crippen LogP) is 20.4. The smallest absolute Gasteiger partial charge is 0.252 e. The van der Waals surface area contributed by atoms with Gasteiger partial charge in [-0.2, -0.15) is 0 Å². The molecule has 4 heterocycles. The molecule has 0 N–H and O–H groups in total. The van der Waals surface area contributed by atoms with Gasteiger partial charge in [0, 0.05) is 61.0 Å². The van der Waals surface area contributed by atoms with Crippen LogP contribution in [-0.4, -0.2) is 15.8 Å². The Bertz CT molecular complexity index is 5480. The monoisotopic (exact) mass is 1160 g/mol. The van der Waals surface area contributed by atoms with Crippen LogP contribution in [0.4, 0.5) is 17.1 Å². The average molecular weight is 1160 g/mol. The minimum Gasteiger partial charge on any atom is -0.311 e. The van der Waals surface area contributed by atoms with Crippen LogP contribution in [0.15, 0.2) is 279 Å². The highest BCUT2D eigenvalue weighted by Crippen LogP contribution is 2.65. The van der Waals surface area contributed by atoms with E-state index >= 15 is 0 Å². The molecule has 0 unspecified atom stereocenters. The van der Waals surface area contributed by atoms with Gasteiger partial charge in [-0.25, -0.2) is 0 Å². The third kappa shape index (κ3) is 7.05. The number of benzene rings is 13. The molecule has 4 heteroatoms. The zero-order valence-electron chi connectivity index (χ0n) is 52.0. The van der Waals surface area contributed by atoms with Gasteiger partial charge in [0.1, 0.15) is 0 Å². The molecule has 91 heavy (non-hydrogen) atoms. The van der Waals surface area contributed by atoms with Gasteiger partial charge in [0.25, 0.3) is 6.71 Å². The van der Waals surface area contributed by atoms with E-state index < -0.39 is 5.41 Å². The van der Waals surface area contributed by atoms with E-state index in [2.05, 4.69) is 335 Å². The summed E-state index contributed by atoms with van der Waals surface area (Å²) >= 11 is 0. The molecule has 1 spiro atoms. The lowest BCUT2D eigenvalue weighted by Gasteiger charge is -2.42. The van der Waals surface area contributed by atoms with Gasteiger partial charge in [-0.15, -0.1) is 0 Å². The maximum Gasteiger partial charge on any atom is 0.252 e. The van der Waals surface area contributed by atoms with E-state index in [1.54, 1.807) is 0 Å². The van der Waals surface area contributed by atoms with E-state index in [9.17, 15) is 0 Å². The Morgan fingerprint density at radius 3 is 1.44 bits per heavy atom. The van der Waals surface area contributed by atoms with Gasteiger partial charge in [0.05, 0.1) is 33.2 Å². The highest BCUT2D eigenvalue weighted by molar-refractivity contribution is 7.00. The van der Waals surface area contributed by atoms with Crippen molar-refractivity contribution in [2.24, 2.45) is 0 Å². The van der Waals surface area contributed by atoms with Crippen molar-refractivity contribution >= 4 is 83.8 Å². The first-order valence-corrected chi connectivity index (χ1v) is 32.4. The minimum atomic E-state index is -0.540. The molecule has 2 aliphatic heterocycles. The molecule has 0 amide bonds. The molecule has 3 nitrogen and oxygen atoms in total. The van der Waals surface area contributed by atoms with E-state index in [4.69, 9.17) is 0 Å². The highest BCUT2D eigenvalue weighted by atomic mass is 15.2. The molecule has 430 valence electrons. The Kier molecular flexibility index (Phi) is 10.7. The second-order valence-electron chi connectivity index (χ2n) is 27.9. The Balaban J connectivity index is 1.01. The summed E-state index contributed by atoms with van der Waals surface area (Å²) in [7, 11) is 0. The van der Waals surface area contributed by atoms with Crippen LogP contribution in [0.1, 0.15) is 74.9 Å². The number of para-hydroxylation sites is 4. The predicted molar refractivity (Wildman–Crippen MR) is 384 cm³/mol. The SMILES string of the molecule is CC(C)(C)c1cc(-c2cc3c4c(c2)-n2c5ccccc5c5c2c(cc2c6ccccc6n(-c6c(-c7ccccc7)cccc6-c6ccccc6)c25)B4c2ccc4c(c2N3c2ccccc2)-c2ccccc2C42c3ccccc3-c3ccccc32)cc(C(C)(C)C)c1. The van der Waals surface area contributed by atoms with Gasteiger partial charge in [-0.05, 0) is 136 Å². The van der Waals surface area contributed by atoms with Crippen molar-refractivity contribution in [3.05, 3.63) is 312 Å². The number of anilines is 3. The van der Waals surface area contributed by atoms with Crippen LogP contribution in [0.25, 0.3) is 111 Å². The second-order valence-corrected chi connectivity index (χ2v) is 27.9. The summed E-state index contributed by atoms with van der Waals surface area (Å²) in [5, 5.41) is 4.97. The van der Waals surface area contributed by atoms with Gasteiger partial charge in [0.2, 0.25) is 0 Å². The van der Waals surface area contributed by atoms with Crippen molar-refractivity contribution in [1.82, 2.24) is 9.13 Å². The van der Waals surface area contributed by atoms with Gasteiger partial charge in [-0.1, -0.05) is 284 Å². The van der Waals surface area contributed by atoms with Crippen LogP contribution in [-0.2, 0) is 16.2 Å². The first kappa shape index (κ1) is 52.3. The molecule has 13 aromatic carbocycles. The molecule has 19 rings (SSSR count). The highest BCUT2D eigenvalue weighted by Gasteiger charge is 2.54. The lowest BCUT2D eigenvalue weighted by atomic mass is 9.33. The van der Waals surface area contributed by atoms with Crippen LogP contribution < -0.4 is 21.3 Å². The van der Waals surface area contributed by atoms with Gasteiger partial charge >= 0.3 is 0 Å². The zero-order valence-corrected chi connectivity index (χ0v) is 52.0. The van der Waals surface area contributed by atoms with Crippen molar-refractivity contribution in [3.63, 3.8) is 0 Å². The van der Waals surface area contributed by atoms with Crippen LogP contribution in [0.5, 0.6) is 0 Å². The van der Waals surface area contributed by atoms with Crippen molar-refractivity contribution < 1.29 is 0 Å². The molecule has 15 aromatic rings. The Labute approximate surface area is 531 Å². The quantitative estimate of drug-likeness (QED) is 0.157. The van der Waals surface area contributed by atoms with Gasteiger partial charge < -0.3 is 14.0 Å². The fraction of sp³-hybridized carbons (Fsp3) is 0.103.